The first-order valence-electron chi connectivity index (χ1n) is 7.05. The lowest BCUT2D eigenvalue weighted by Crippen LogP contribution is -2.49. The summed E-state index contributed by atoms with van der Waals surface area (Å²) in [6.45, 7) is 11.2. The predicted molar refractivity (Wildman–Crippen MR) is 78.1 cm³/mol. The van der Waals surface area contributed by atoms with Gasteiger partial charge in [0.2, 0.25) is 5.91 Å². The number of ether oxygens (including phenoxy) is 1. The molecule has 4 heteroatoms. The van der Waals surface area contributed by atoms with E-state index >= 15 is 0 Å². The smallest absolute Gasteiger partial charge is 0.246 e. The SMILES string of the molecule is C/C=C/C=C/C(=O)N1CCN(CCOC(C)C)CC1. The number of allylic oxidation sites excluding steroid dienone is 3. The zero-order valence-corrected chi connectivity index (χ0v) is 12.3. The molecule has 0 aromatic heterocycles. The van der Waals surface area contributed by atoms with Crippen LogP contribution in [0.2, 0.25) is 0 Å². The lowest BCUT2D eigenvalue weighted by atomic mass is 10.3. The molecule has 0 atom stereocenters. The van der Waals surface area contributed by atoms with Crippen LogP contribution in [0, 0.1) is 0 Å². The molecule has 0 bridgehead atoms. The highest BCUT2D eigenvalue weighted by atomic mass is 16.5. The van der Waals surface area contributed by atoms with Crippen molar-refractivity contribution in [2.24, 2.45) is 0 Å². The third kappa shape index (κ3) is 6.55. The molecule has 0 radical (unpaired) electrons. The van der Waals surface area contributed by atoms with Crippen LogP contribution in [0.25, 0.3) is 0 Å². The minimum Gasteiger partial charge on any atom is -0.377 e. The highest BCUT2D eigenvalue weighted by Gasteiger charge is 2.18. The minimum atomic E-state index is 0.108. The fourth-order valence-electron chi connectivity index (χ4n) is 1.96. The van der Waals surface area contributed by atoms with E-state index in [4.69, 9.17) is 4.74 Å². The third-order valence-electron chi connectivity index (χ3n) is 3.09. The maximum absolute atomic E-state index is 11.8. The average molecular weight is 266 g/mol. The summed E-state index contributed by atoms with van der Waals surface area (Å²) in [5.74, 6) is 0.108. The van der Waals surface area contributed by atoms with Crippen LogP contribution in [-0.2, 0) is 9.53 Å². The van der Waals surface area contributed by atoms with Gasteiger partial charge < -0.3 is 9.64 Å². The lowest BCUT2D eigenvalue weighted by molar-refractivity contribution is -0.127. The summed E-state index contributed by atoms with van der Waals surface area (Å²) < 4.78 is 5.54. The molecule has 0 aliphatic carbocycles. The second kappa shape index (κ2) is 8.88. The molecular weight excluding hydrogens is 240 g/mol. The van der Waals surface area contributed by atoms with Gasteiger partial charge in [0, 0.05) is 38.8 Å². The van der Waals surface area contributed by atoms with Gasteiger partial charge in [-0.05, 0) is 20.8 Å². The first-order chi connectivity index (χ1) is 9.13. The number of hydrogen-bond donors (Lipinski definition) is 0. The molecule has 19 heavy (non-hydrogen) atoms. The average Bonchev–Trinajstić information content (AvgIpc) is 2.39. The van der Waals surface area contributed by atoms with E-state index in [0.29, 0.717) is 6.10 Å². The molecule has 0 unspecified atom stereocenters. The van der Waals surface area contributed by atoms with Crippen molar-refractivity contribution in [2.75, 3.05) is 39.3 Å². The standard InChI is InChI=1S/C15H26N2O2/c1-4-5-6-7-15(18)17-10-8-16(9-11-17)12-13-19-14(2)3/h4-7,14H,8-13H2,1-3H3/b5-4+,7-6+. The normalized spacial score (nSPS) is 18.0. The summed E-state index contributed by atoms with van der Waals surface area (Å²) in [6.07, 6.45) is 7.51. The van der Waals surface area contributed by atoms with Crippen LogP contribution in [0.1, 0.15) is 20.8 Å². The number of nitrogens with zero attached hydrogens (tertiary/aromatic N) is 2. The maximum Gasteiger partial charge on any atom is 0.246 e. The van der Waals surface area contributed by atoms with E-state index in [1.807, 2.05) is 37.8 Å². The Morgan fingerprint density at radius 1 is 1.21 bits per heavy atom. The molecule has 1 fully saturated rings. The molecule has 1 aliphatic rings. The number of amides is 1. The monoisotopic (exact) mass is 266 g/mol. The molecule has 0 spiro atoms. The summed E-state index contributed by atoms with van der Waals surface area (Å²) in [5, 5.41) is 0. The molecule has 1 saturated heterocycles. The van der Waals surface area contributed by atoms with Crippen molar-refractivity contribution in [1.29, 1.82) is 0 Å². The topological polar surface area (TPSA) is 32.8 Å². The Morgan fingerprint density at radius 3 is 2.47 bits per heavy atom. The van der Waals surface area contributed by atoms with Crippen molar-refractivity contribution in [2.45, 2.75) is 26.9 Å². The van der Waals surface area contributed by atoms with E-state index in [1.165, 1.54) is 0 Å². The van der Waals surface area contributed by atoms with Gasteiger partial charge in [-0.3, -0.25) is 9.69 Å². The summed E-state index contributed by atoms with van der Waals surface area (Å²) in [5.41, 5.74) is 0. The van der Waals surface area contributed by atoms with Gasteiger partial charge >= 0.3 is 0 Å². The van der Waals surface area contributed by atoms with Crippen molar-refractivity contribution in [1.82, 2.24) is 9.80 Å². The summed E-state index contributed by atoms with van der Waals surface area (Å²) in [4.78, 5) is 16.1. The second-order valence-electron chi connectivity index (χ2n) is 4.97. The summed E-state index contributed by atoms with van der Waals surface area (Å²) in [6, 6.07) is 0. The van der Waals surface area contributed by atoms with Crippen LogP contribution in [0.3, 0.4) is 0 Å². The Labute approximate surface area is 116 Å². The van der Waals surface area contributed by atoms with E-state index in [0.717, 1.165) is 39.3 Å². The first-order valence-corrected chi connectivity index (χ1v) is 7.05. The molecule has 4 nitrogen and oxygen atoms in total. The van der Waals surface area contributed by atoms with E-state index in [9.17, 15) is 4.79 Å². The highest BCUT2D eigenvalue weighted by molar-refractivity contribution is 5.87. The van der Waals surface area contributed by atoms with Crippen LogP contribution in [0.15, 0.2) is 24.3 Å². The Morgan fingerprint density at radius 2 is 1.89 bits per heavy atom. The molecule has 1 aliphatic heterocycles. The van der Waals surface area contributed by atoms with Gasteiger partial charge in [-0.25, -0.2) is 0 Å². The van der Waals surface area contributed by atoms with Gasteiger partial charge in [-0.1, -0.05) is 18.2 Å². The Hall–Kier alpha value is -1.13. The highest BCUT2D eigenvalue weighted by Crippen LogP contribution is 2.03. The lowest BCUT2D eigenvalue weighted by Gasteiger charge is -2.34. The fraction of sp³-hybridized carbons (Fsp3) is 0.667. The van der Waals surface area contributed by atoms with E-state index in [2.05, 4.69) is 4.90 Å². The van der Waals surface area contributed by atoms with Gasteiger partial charge in [0.05, 0.1) is 12.7 Å². The van der Waals surface area contributed by atoms with Crippen LogP contribution in [0.5, 0.6) is 0 Å². The first kappa shape index (κ1) is 15.9. The molecule has 0 aromatic rings. The maximum atomic E-state index is 11.8. The third-order valence-corrected chi connectivity index (χ3v) is 3.09. The predicted octanol–water partition coefficient (Wildman–Crippen LogP) is 1.69. The van der Waals surface area contributed by atoms with Crippen LogP contribution >= 0.6 is 0 Å². The molecule has 1 heterocycles. The number of rotatable bonds is 6. The van der Waals surface area contributed by atoms with Gasteiger partial charge in [0.25, 0.3) is 0 Å². The van der Waals surface area contributed by atoms with Gasteiger partial charge in [-0.15, -0.1) is 0 Å². The van der Waals surface area contributed by atoms with Crippen LogP contribution in [0.4, 0.5) is 0 Å². The summed E-state index contributed by atoms with van der Waals surface area (Å²) in [7, 11) is 0. The number of carbonyl (C=O) groups excluding carboxylic acids is 1. The molecule has 1 amide bonds. The van der Waals surface area contributed by atoms with Gasteiger partial charge in [-0.2, -0.15) is 0 Å². The molecule has 0 N–H and O–H groups in total. The van der Waals surface area contributed by atoms with E-state index in [-0.39, 0.29) is 5.91 Å². The molecule has 0 aromatic carbocycles. The zero-order valence-electron chi connectivity index (χ0n) is 12.3. The van der Waals surface area contributed by atoms with E-state index in [1.54, 1.807) is 12.2 Å². The van der Waals surface area contributed by atoms with Crippen molar-refractivity contribution in [3.8, 4) is 0 Å². The van der Waals surface area contributed by atoms with Crippen molar-refractivity contribution in [3.05, 3.63) is 24.3 Å². The molecule has 0 saturated carbocycles. The zero-order chi connectivity index (χ0) is 14.1. The summed E-state index contributed by atoms with van der Waals surface area (Å²) >= 11 is 0. The number of piperazine rings is 1. The van der Waals surface area contributed by atoms with Crippen molar-refractivity contribution in [3.63, 3.8) is 0 Å². The molecular formula is C15H26N2O2. The van der Waals surface area contributed by atoms with Gasteiger partial charge in [0.15, 0.2) is 0 Å². The largest absolute Gasteiger partial charge is 0.377 e. The molecule has 108 valence electrons. The quantitative estimate of drug-likeness (QED) is 0.542. The van der Waals surface area contributed by atoms with Crippen molar-refractivity contribution < 1.29 is 9.53 Å². The van der Waals surface area contributed by atoms with Crippen LogP contribution in [-0.4, -0.2) is 61.1 Å². The second-order valence-corrected chi connectivity index (χ2v) is 4.97. The number of carbonyl (C=O) groups is 1. The minimum absolute atomic E-state index is 0.108. The Kier molecular flexibility index (Phi) is 7.45. The molecule has 1 rings (SSSR count). The number of hydrogen-bond acceptors (Lipinski definition) is 3. The Balaban J connectivity index is 2.23. The van der Waals surface area contributed by atoms with Gasteiger partial charge in [0.1, 0.15) is 0 Å². The van der Waals surface area contributed by atoms with Crippen LogP contribution < -0.4 is 0 Å². The van der Waals surface area contributed by atoms with Crippen molar-refractivity contribution >= 4 is 5.91 Å². The fourth-order valence-corrected chi connectivity index (χ4v) is 1.96. The van der Waals surface area contributed by atoms with E-state index < -0.39 is 0 Å². The Bertz CT molecular complexity index is 316.